The van der Waals surface area contributed by atoms with E-state index in [-0.39, 0.29) is 18.3 Å². The maximum Gasteiger partial charge on any atom is 0.238 e. The van der Waals surface area contributed by atoms with Crippen LogP contribution in [0.2, 0.25) is 0 Å². The largest absolute Gasteiger partial charge is 0.492 e. The van der Waals surface area contributed by atoms with Crippen LogP contribution in [0.15, 0.2) is 42.7 Å². The van der Waals surface area contributed by atoms with E-state index >= 15 is 0 Å². The lowest BCUT2D eigenvalue weighted by Gasteiger charge is -2.08. The minimum Gasteiger partial charge on any atom is -0.492 e. The summed E-state index contributed by atoms with van der Waals surface area (Å²) >= 11 is 0. The summed E-state index contributed by atoms with van der Waals surface area (Å²) in [6.07, 6.45) is 2.90. The molecular formula is C12H14N4O3S. The minimum atomic E-state index is -3.55. The first kappa shape index (κ1) is 14.1. The van der Waals surface area contributed by atoms with E-state index in [0.717, 1.165) is 0 Å². The second-order valence-corrected chi connectivity index (χ2v) is 5.76. The smallest absolute Gasteiger partial charge is 0.238 e. The van der Waals surface area contributed by atoms with Crippen molar-refractivity contribution in [1.82, 2.24) is 9.97 Å². The number of hydrogen-bond donors (Lipinski definition) is 2. The predicted molar refractivity (Wildman–Crippen MR) is 75.8 cm³/mol. The molecule has 0 amide bonds. The van der Waals surface area contributed by atoms with Crippen LogP contribution in [0.5, 0.6) is 5.75 Å². The number of sulfonamides is 1. The second-order valence-electron chi connectivity index (χ2n) is 3.91. The minimum absolute atomic E-state index is 0.00558. The van der Waals surface area contributed by atoms with E-state index in [1.54, 1.807) is 30.3 Å². The van der Waals surface area contributed by atoms with Crippen molar-refractivity contribution >= 4 is 21.7 Å². The van der Waals surface area contributed by atoms with Crippen molar-refractivity contribution in [2.75, 3.05) is 22.8 Å². The van der Waals surface area contributed by atoms with Gasteiger partial charge >= 0.3 is 0 Å². The Morgan fingerprint density at radius 3 is 2.65 bits per heavy atom. The Labute approximate surface area is 116 Å². The number of nitrogen functional groups attached to an aromatic ring is 1. The summed E-state index contributed by atoms with van der Waals surface area (Å²) in [6, 6.07) is 8.38. The molecule has 3 N–H and O–H groups in total. The van der Waals surface area contributed by atoms with Crippen LogP contribution in [-0.2, 0) is 10.0 Å². The van der Waals surface area contributed by atoms with Crippen molar-refractivity contribution in [3.8, 4) is 5.75 Å². The van der Waals surface area contributed by atoms with Crippen molar-refractivity contribution in [3.05, 3.63) is 42.7 Å². The van der Waals surface area contributed by atoms with Crippen LogP contribution in [-0.4, -0.2) is 30.7 Å². The first-order valence-corrected chi connectivity index (χ1v) is 7.46. The van der Waals surface area contributed by atoms with Crippen molar-refractivity contribution in [2.24, 2.45) is 0 Å². The summed E-state index contributed by atoms with van der Waals surface area (Å²) in [5, 5.41) is 0. The highest BCUT2D eigenvalue weighted by molar-refractivity contribution is 7.92. The molecule has 20 heavy (non-hydrogen) atoms. The summed E-state index contributed by atoms with van der Waals surface area (Å²) in [5.74, 6) is 0.354. The Kier molecular flexibility index (Phi) is 4.36. The molecule has 2 rings (SSSR count). The van der Waals surface area contributed by atoms with Gasteiger partial charge in [0.25, 0.3) is 0 Å². The highest BCUT2D eigenvalue weighted by atomic mass is 32.2. The van der Waals surface area contributed by atoms with E-state index in [1.807, 2.05) is 0 Å². The van der Waals surface area contributed by atoms with E-state index in [1.165, 1.54) is 12.4 Å². The zero-order valence-corrected chi connectivity index (χ0v) is 11.4. The van der Waals surface area contributed by atoms with Crippen molar-refractivity contribution in [1.29, 1.82) is 0 Å². The third kappa shape index (κ3) is 4.39. The van der Waals surface area contributed by atoms with Crippen LogP contribution in [0.25, 0.3) is 0 Å². The topological polar surface area (TPSA) is 107 Å². The van der Waals surface area contributed by atoms with Crippen molar-refractivity contribution in [3.63, 3.8) is 0 Å². The van der Waals surface area contributed by atoms with Gasteiger partial charge in [0.05, 0.1) is 0 Å². The monoisotopic (exact) mass is 294 g/mol. The van der Waals surface area contributed by atoms with Crippen molar-refractivity contribution in [2.45, 2.75) is 0 Å². The Balaban J connectivity index is 1.87. The number of anilines is 2. The van der Waals surface area contributed by atoms with Gasteiger partial charge in [0.2, 0.25) is 16.0 Å². The van der Waals surface area contributed by atoms with Gasteiger partial charge in [-0.3, -0.25) is 4.72 Å². The molecular weight excluding hydrogens is 280 g/mol. The third-order valence-corrected chi connectivity index (χ3v) is 3.49. The first-order chi connectivity index (χ1) is 9.55. The SMILES string of the molecule is Nc1cccc(OCCS(=O)(=O)Nc2ncccn2)c1. The lowest BCUT2D eigenvalue weighted by Crippen LogP contribution is -2.22. The van der Waals surface area contributed by atoms with Crippen LogP contribution in [0.4, 0.5) is 11.6 Å². The molecule has 1 aromatic heterocycles. The van der Waals surface area contributed by atoms with Gasteiger partial charge in [-0.25, -0.2) is 18.4 Å². The second kappa shape index (κ2) is 6.20. The number of ether oxygens (including phenoxy) is 1. The highest BCUT2D eigenvalue weighted by Crippen LogP contribution is 2.14. The Bertz CT molecular complexity index is 661. The maximum atomic E-state index is 11.8. The fraction of sp³-hybridized carbons (Fsp3) is 0.167. The number of hydrogen-bond acceptors (Lipinski definition) is 6. The average molecular weight is 294 g/mol. The van der Waals surface area contributed by atoms with E-state index in [2.05, 4.69) is 14.7 Å². The summed E-state index contributed by atoms with van der Waals surface area (Å²) in [7, 11) is -3.55. The van der Waals surface area contributed by atoms with Gasteiger partial charge in [-0.15, -0.1) is 0 Å². The molecule has 0 radical (unpaired) electrons. The normalized spacial score (nSPS) is 11.0. The fourth-order valence-electron chi connectivity index (χ4n) is 1.42. The van der Waals surface area contributed by atoms with Crippen molar-refractivity contribution < 1.29 is 13.2 Å². The molecule has 2 aromatic rings. The molecule has 0 spiro atoms. The number of aromatic nitrogens is 2. The third-order valence-electron chi connectivity index (χ3n) is 2.29. The fourth-order valence-corrected chi connectivity index (χ4v) is 2.20. The molecule has 0 unspecified atom stereocenters. The Hall–Kier alpha value is -2.35. The number of rotatable bonds is 6. The lowest BCUT2D eigenvalue weighted by molar-refractivity contribution is 0.341. The molecule has 1 aromatic carbocycles. The predicted octanol–water partition coefficient (Wildman–Crippen LogP) is 0.879. The number of nitrogens with two attached hydrogens (primary N) is 1. The average Bonchev–Trinajstić information content (AvgIpc) is 2.39. The quantitative estimate of drug-likeness (QED) is 0.766. The standard InChI is InChI=1S/C12H14N4O3S/c13-10-3-1-4-11(9-10)19-7-8-20(17,18)16-12-14-5-2-6-15-12/h1-6,9H,7-8,13H2,(H,14,15,16). The maximum absolute atomic E-state index is 11.8. The van der Waals surface area contributed by atoms with Gasteiger partial charge in [-0.05, 0) is 18.2 Å². The zero-order chi connectivity index (χ0) is 14.4. The van der Waals surface area contributed by atoms with Gasteiger partial charge in [0.15, 0.2) is 0 Å². The van der Waals surface area contributed by atoms with Gasteiger partial charge in [0, 0.05) is 24.1 Å². The molecule has 106 valence electrons. The van der Waals surface area contributed by atoms with Gasteiger partial charge in [0.1, 0.15) is 18.1 Å². The molecule has 0 fully saturated rings. The molecule has 8 heteroatoms. The van der Waals surface area contributed by atoms with Crippen LogP contribution in [0.3, 0.4) is 0 Å². The molecule has 1 heterocycles. The lowest BCUT2D eigenvalue weighted by atomic mass is 10.3. The molecule has 7 nitrogen and oxygen atoms in total. The van der Waals surface area contributed by atoms with E-state index in [4.69, 9.17) is 10.5 Å². The van der Waals surface area contributed by atoms with Crippen LogP contribution in [0.1, 0.15) is 0 Å². The molecule has 0 saturated heterocycles. The van der Waals surface area contributed by atoms with Crippen LogP contribution < -0.4 is 15.2 Å². The van der Waals surface area contributed by atoms with Crippen LogP contribution >= 0.6 is 0 Å². The molecule has 0 bridgehead atoms. The van der Waals surface area contributed by atoms with E-state index < -0.39 is 10.0 Å². The van der Waals surface area contributed by atoms with Gasteiger partial charge < -0.3 is 10.5 Å². The summed E-state index contributed by atoms with van der Waals surface area (Å²) in [4.78, 5) is 7.57. The molecule has 0 saturated carbocycles. The number of nitrogens with zero attached hydrogens (tertiary/aromatic N) is 2. The highest BCUT2D eigenvalue weighted by Gasteiger charge is 2.12. The van der Waals surface area contributed by atoms with Gasteiger partial charge in [-0.2, -0.15) is 0 Å². The molecule has 0 aliphatic rings. The summed E-state index contributed by atoms with van der Waals surface area (Å²) < 4.78 is 31.1. The molecule has 0 aliphatic carbocycles. The van der Waals surface area contributed by atoms with Gasteiger partial charge in [-0.1, -0.05) is 6.07 Å². The number of benzene rings is 1. The molecule has 0 aliphatic heterocycles. The number of nitrogens with one attached hydrogen (secondary N) is 1. The Morgan fingerprint density at radius 1 is 1.20 bits per heavy atom. The summed E-state index contributed by atoms with van der Waals surface area (Å²) in [5.41, 5.74) is 6.15. The van der Waals surface area contributed by atoms with Crippen LogP contribution in [0, 0.1) is 0 Å². The zero-order valence-electron chi connectivity index (χ0n) is 10.6. The Morgan fingerprint density at radius 2 is 1.95 bits per heavy atom. The summed E-state index contributed by atoms with van der Waals surface area (Å²) in [6.45, 7) is 0.00558. The van der Waals surface area contributed by atoms with E-state index in [9.17, 15) is 8.42 Å². The first-order valence-electron chi connectivity index (χ1n) is 5.81. The molecule has 0 atom stereocenters. The van der Waals surface area contributed by atoms with E-state index in [0.29, 0.717) is 11.4 Å².